The van der Waals surface area contributed by atoms with Crippen molar-refractivity contribution in [3.05, 3.63) is 46.8 Å². The first-order valence-corrected chi connectivity index (χ1v) is 7.25. The third-order valence-corrected chi connectivity index (χ3v) is 4.14. The highest BCUT2D eigenvalue weighted by Crippen LogP contribution is 2.27. The molecule has 0 saturated heterocycles. The zero-order chi connectivity index (χ0) is 15.4. The third kappa shape index (κ3) is 3.43. The minimum absolute atomic E-state index is 0.226. The van der Waals surface area contributed by atoms with Gasteiger partial charge < -0.3 is 10.8 Å². The van der Waals surface area contributed by atoms with Gasteiger partial charge in [0.15, 0.2) is 5.16 Å². The summed E-state index contributed by atoms with van der Waals surface area (Å²) < 4.78 is 1.58. The topological polar surface area (TPSA) is 98.2 Å². The van der Waals surface area contributed by atoms with Gasteiger partial charge in [-0.15, -0.1) is 0 Å². The number of anilines is 1. The average Bonchev–Trinajstić information content (AvgIpc) is 2.44. The molecule has 0 saturated carbocycles. The SMILES string of the molecule is CCC(Sc1nc(=O)cc(N)n1-c1ccccc1)C(=O)O. The number of hydrogen-bond donors (Lipinski definition) is 2. The first-order valence-electron chi connectivity index (χ1n) is 6.37. The van der Waals surface area contributed by atoms with Crippen molar-refractivity contribution >= 4 is 23.5 Å². The predicted molar refractivity (Wildman–Crippen MR) is 81.8 cm³/mol. The highest BCUT2D eigenvalue weighted by Gasteiger charge is 2.20. The fourth-order valence-electron chi connectivity index (χ4n) is 1.83. The van der Waals surface area contributed by atoms with Crippen molar-refractivity contribution in [2.45, 2.75) is 23.8 Å². The molecule has 0 spiro atoms. The minimum Gasteiger partial charge on any atom is -0.480 e. The molecule has 1 aromatic heterocycles. The van der Waals surface area contributed by atoms with E-state index in [1.807, 2.05) is 30.3 Å². The first kappa shape index (κ1) is 15.1. The largest absolute Gasteiger partial charge is 0.480 e. The van der Waals surface area contributed by atoms with Crippen LogP contribution in [0.15, 0.2) is 46.3 Å². The Bertz CT molecular complexity index is 700. The molecular formula is C14H15N3O3S. The molecule has 21 heavy (non-hydrogen) atoms. The number of nitrogens with two attached hydrogens (primary N) is 1. The fraction of sp³-hybridized carbons (Fsp3) is 0.214. The van der Waals surface area contributed by atoms with Crippen molar-refractivity contribution in [3.63, 3.8) is 0 Å². The summed E-state index contributed by atoms with van der Waals surface area (Å²) in [6.07, 6.45) is 0.416. The highest BCUT2D eigenvalue weighted by atomic mass is 32.2. The molecule has 0 bridgehead atoms. The molecule has 1 aromatic carbocycles. The molecule has 2 aromatic rings. The number of hydrogen-bond acceptors (Lipinski definition) is 5. The van der Waals surface area contributed by atoms with Crippen LogP contribution in [0.1, 0.15) is 13.3 Å². The van der Waals surface area contributed by atoms with E-state index in [4.69, 9.17) is 10.8 Å². The van der Waals surface area contributed by atoms with Crippen molar-refractivity contribution in [2.24, 2.45) is 0 Å². The second-order valence-corrected chi connectivity index (χ2v) is 5.50. The third-order valence-electron chi connectivity index (χ3n) is 2.83. The number of benzene rings is 1. The molecule has 0 aliphatic rings. The van der Waals surface area contributed by atoms with Crippen LogP contribution in [0.2, 0.25) is 0 Å². The van der Waals surface area contributed by atoms with E-state index < -0.39 is 16.8 Å². The van der Waals surface area contributed by atoms with Gasteiger partial charge in [0.25, 0.3) is 5.56 Å². The monoisotopic (exact) mass is 305 g/mol. The normalized spacial score (nSPS) is 12.0. The van der Waals surface area contributed by atoms with Gasteiger partial charge in [0.05, 0.1) is 0 Å². The van der Waals surface area contributed by atoms with Crippen molar-refractivity contribution in [1.29, 1.82) is 0 Å². The Kier molecular flexibility index (Phi) is 4.64. The minimum atomic E-state index is -0.946. The Labute approximate surface area is 125 Å². The van der Waals surface area contributed by atoms with Crippen LogP contribution in [0.5, 0.6) is 0 Å². The number of carboxylic acids is 1. The molecule has 1 atom stereocenters. The van der Waals surface area contributed by atoms with Crippen molar-refractivity contribution in [1.82, 2.24) is 9.55 Å². The molecule has 2 rings (SSSR count). The van der Waals surface area contributed by atoms with Crippen molar-refractivity contribution < 1.29 is 9.90 Å². The van der Waals surface area contributed by atoms with E-state index in [1.54, 1.807) is 11.5 Å². The van der Waals surface area contributed by atoms with Crippen LogP contribution >= 0.6 is 11.8 Å². The van der Waals surface area contributed by atoms with E-state index >= 15 is 0 Å². The van der Waals surface area contributed by atoms with Gasteiger partial charge in [-0.25, -0.2) is 0 Å². The predicted octanol–water partition coefficient (Wildman–Crippen LogP) is 1.77. The van der Waals surface area contributed by atoms with E-state index in [2.05, 4.69) is 4.98 Å². The molecule has 1 unspecified atom stereocenters. The molecule has 0 fully saturated rings. The van der Waals surface area contributed by atoms with Gasteiger partial charge in [0, 0.05) is 11.8 Å². The summed E-state index contributed by atoms with van der Waals surface area (Å²) in [7, 11) is 0. The Morgan fingerprint density at radius 2 is 2.10 bits per heavy atom. The summed E-state index contributed by atoms with van der Waals surface area (Å²) in [6, 6.07) is 10.4. The lowest BCUT2D eigenvalue weighted by molar-refractivity contribution is -0.136. The molecule has 110 valence electrons. The molecule has 0 amide bonds. The van der Waals surface area contributed by atoms with E-state index in [-0.39, 0.29) is 11.0 Å². The van der Waals surface area contributed by atoms with E-state index in [9.17, 15) is 9.59 Å². The summed E-state index contributed by atoms with van der Waals surface area (Å²) in [4.78, 5) is 26.7. The lowest BCUT2D eigenvalue weighted by Gasteiger charge is -2.16. The number of nitrogen functional groups attached to an aromatic ring is 1. The summed E-state index contributed by atoms with van der Waals surface area (Å²) in [5.41, 5.74) is 6.15. The van der Waals surface area contributed by atoms with E-state index in [0.717, 1.165) is 17.4 Å². The molecule has 3 N–H and O–H groups in total. The van der Waals surface area contributed by atoms with Crippen LogP contribution in [-0.4, -0.2) is 25.9 Å². The molecule has 6 nitrogen and oxygen atoms in total. The smallest absolute Gasteiger partial charge is 0.317 e. The maximum Gasteiger partial charge on any atom is 0.317 e. The quantitative estimate of drug-likeness (QED) is 0.645. The number of aromatic nitrogens is 2. The number of carbonyl (C=O) groups is 1. The zero-order valence-corrected chi connectivity index (χ0v) is 12.2. The lowest BCUT2D eigenvalue weighted by Crippen LogP contribution is -2.21. The molecule has 0 radical (unpaired) electrons. The summed E-state index contributed by atoms with van der Waals surface area (Å²) in [5, 5.41) is 8.76. The Hall–Kier alpha value is -2.28. The molecule has 0 aliphatic heterocycles. The number of thioether (sulfide) groups is 1. The molecule has 1 heterocycles. The number of carboxylic acid groups (broad SMARTS) is 1. The number of para-hydroxylation sites is 1. The standard InChI is InChI=1S/C14H15N3O3S/c1-2-10(13(19)20)21-14-16-12(18)8-11(15)17(14)9-6-4-3-5-7-9/h3-8,10H,2,15H2,1H3,(H,19,20). The molecular weight excluding hydrogens is 290 g/mol. The van der Waals surface area contributed by atoms with Crippen LogP contribution in [-0.2, 0) is 4.79 Å². The summed E-state index contributed by atoms with van der Waals surface area (Å²) >= 11 is 1.02. The number of rotatable bonds is 5. The summed E-state index contributed by atoms with van der Waals surface area (Å²) in [5.74, 6) is -0.720. The highest BCUT2D eigenvalue weighted by molar-refractivity contribution is 8.00. The van der Waals surface area contributed by atoms with E-state index in [1.165, 1.54) is 6.07 Å². The van der Waals surface area contributed by atoms with E-state index in [0.29, 0.717) is 6.42 Å². The molecule has 7 heteroatoms. The lowest BCUT2D eigenvalue weighted by atomic mass is 10.3. The van der Waals surface area contributed by atoms with Crippen LogP contribution in [0.3, 0.4) is 0 Å². The van der Waals surface area contributed by atoms with Gasteiger partial charge in [-0.05, 0) is 18.6 Å². The van der Waals surface area contributed by atoms with Crippen LogP contribution in [0.4, 0.5) is 5.82 Å². The maximum atomic E-state index is 11.6. The number of aliphatic carboxylic acids is 1. The van der Waals surface area contributed by atoms with Gasteiger partial charge in [0.1, 0.15) is 11.1 Å². The Morgan fingerprint density at radius 3 is 2.67 bits per heavy atom. The second-order valence-electron chi connectivity index (χ2n) is 4.33. The van der Waals surface area contributed by atoms with Gasteiger partial charge in [-0.2, -0.15) is 4.98 Å². The van der Waals surface area contributed by atoms with Gasteiger partial charge in [0.2, 0.25) is 0 Å². The first-order chi connectivity index (χ1) is 10.0. The maximum absolute atomic E-state index is 11.6. The van der Waals surface area contributed by atoms with Crippen LogP contribution in [0.25, 0.3) is 5.69 Å². The van der Waals surface area contributed by atoms with Crippen LogP contribution in [0, 0.1) is 0 Å². The zero-order valence-electron chi connectivity index (χ0n) is 11.4. The number of nitrogens with zero attached hydrogens (tertiary/aromatic N) is 2. The fourth-order valence-corrected chi connectivity index (χ4v) is 2.81. The average molecular weight is 305 g/mol. The van der Waals surface area contributed by atoms with Gasteiger partial charge in [-0.3, -0.25) is 14.2 Å². The van der Waals surface area contributed by atoms with Gasteiger partial charge in [-0.1, -0.05) is 36.9 Å². The van der Waals surface area contributed by atoms with Crippen molar-refractivity contribution in [2.75, 3.05) is 5.73 Å². The van der Waals surface area contributed by atoms with Crippen molar-refractivity contribution in [3.8, 4) is 5.69 Å². The molecule has 0 aliphatic carbocycles. The van der Waals surface area contributed by atoms with Gasteiger partial charge >= 0.3 is 5.97 Å². The van der Waals surface area contributed by atoms with Crippen LogP contribution < -0.4 is 11.3 Å². The second kappa shape index (κ2) is 6.45. The summed E-state index contributed by atoms with van der Waals surface area (Å²) in [6.45, 7) is 1.77. The Morgan fingerprint density at radius 1 is 1.43 bits per heavy atom. The Balaban J connectivity index is 2.54.